The molecule has 4 nitrogen and oxygen atoms in total. The largest absolute Gasteiger partial charge is 0.508 e. The first-order chi connectivity index (χ1) is 11.5. The van der Waals surface area contributed by atoms with Gasteiger partial charge >= 0.3 is 0 Å². The second kappa shape index (κ2) is 6.76. The van der Waals surface area contributed by atoms with E-state index < -0.39 is 10.0 Å². The van der Waals surface area contributed by atoms with Gasteiger partial charge in [0.1, 0.15) is 5.75 Å². The first-order valence-electron chi connectivity index (χ1n) is 7.48. The van der Waals surface area contributed by atoms with E-state index in [0.717, 1.165) is 12.0 Å². The minimum absolute atomic E-state index is 0.0271. The number of sulfonamides is 1. The summed E-state index contributed by atoms with van der Waals surface area (Å²) in [6.45, 7) is 0. The third-order valence-corrected chi connectivity index (χ3v) is 5.00. The monoisotopic (exact) mass is 339 g/mol. The van der Waals surface area contributed by atoms with E-state index >= 15 is 0 Å². The lowest BCUT2D eigenvalue weighted by molar-refractivity contribution is 0.475. The summed E-state index contributed by atoms with van der Waals surface area (Å²) >= 11 is 0. The van der Waals surface area contributed by atoms with E-state index in [9.17, 15) is 13.5 Å². The summed E-state index contributed by atoms with van der Waals surface area (Å²) in [5, 5.41) is 9.25. The highest BCUT2D eigenvalue weighted by molar-refractivity contribution is 7.92. The number of aromatic hydroxyl groups is 1. The lowest BCUT2D eigenvalue weighted by Crippen LogP contribution is -2.12. The minimum Gasteiger partial charge on any atom is -0.508 e. The normalized spacial score (nSPS) is 11.2. The highest BCUT2D eigenvalue weighted by Gasteiger charge is 2.13. The molecule has 0 amide bonds. The Morgan fingerprint density at radius 2 is 1.33 bits per heavy atom. The van der Waals surface area contributed by atoms with E-state index in [4.69, 9.17) is 0 Å². The molecule has 24 heavy (non-hydrogen) atoms. The zero-order chi connectivity index (χ0) is 17.0. The van der Waals surface area contributed by atoms with Crippen molar-refractivity contribution in [3.63, 3.8) is 0 Å². The number of rotatable bonds is 5. The van der Waals surface area contributed by atoms with Crippen molar-refractivity contribution in [2.45, 2.75) is 11.3 Å². The van der Waals surface area contributed by atoms with Gasteiger partial charge in [0, 0.05) is 5.69 Å². The molecular weight excluding hydrogens is 322 g/mol. The maximum absolute atomic E-state index is 12.3. The molecule has 0 heterocycles. The van der Waals surface area contributed by atoms with Crippen molar-refractivity contribution in [2.75, 3.05) is 4.72 Å². The minimum atomic E-state index is -3.66. The van der Waals surface area contributed by atoms with Gasteiger partial charge in [0.05, 0.1) is 4.90 Å². The maximum atomic E-state index is 12.3. The van der Waals surface area contributed by atoms with E-state index in [1.165, 1.54) is 29.8 Å². The summed E-state index contributed by atoms with van der Waals surface area (Å²) in [5.74, 6) is 0.0271. The smallest absolute Gasteiger partial charge is 0.261 e. The Morgan fingerprint density at radius 3 is 1.96 bits per heavy atom. The van der Waals surface area contributed by atoms with Crippen LogP contribution in [0.25, 0.3) is 0 Å². The lowest BCUT2D eigenvalue weighted by Gasteiger charge is -2.09. The first kappa shape index (κ1) is 16.1. The lowest BCUT2D eigenvalue weighted by atomic mass is 10.1. The Morgan fingerprint density at radius 1 is 0.750 bits per heavy atom. The molecule has 0 aliphatic rings. The van der Waals surface area contributed by atoms with E-state index in [1.54, 1.807) is 12.1 Å². The molecule has 0 saturated carbocycles. The average Bonchev–Trinajstić information content (AvgIpc) is 2.58. The van der Waals surface area contributed by atoms with Crippen molar-refractivity contribution >= 4 is 15.7 Å². The molecule has 0 aromatic heterocycles. The van der Waals surface area contributed by atoms with Crippen molar-refractivity contribution in [1.29, 1.82) is 0 Å². The van der Waals surface area contributed by atoms with Crippen LogP contribution in [0.3, 0.4) is 0 Å². The summed E-state index contributed by atoms with van der Waals surface area (Å²) in [7, 11) is -3.66. The molecule has 3 aromatic carbocycles. The van der Waals surface area contributed by atoms with Crippen LogP contribution in [0.5, 0.6) is 5.75 Å². The second-order valence-electron chi connectivity index (χ2n) is 5.46. The van der Waals surface area contributed by atoms with Crippen LogP contribution in [-0.2, 0) is 16.4 Å². The van der Waals surface area contributed by atoms with Crippen LogP contribution in [0.15, 0.2) is 83.8 Å². The van der Waals surface area contributed by atoms with E-state index in [1.807, 2.05) is 30.3 Å². The molecule has 5 heteroatoms. The Hall–Kier alpha value is -2.79. The van der Waals surface area contributed by atoms with Crippen molar-refractivity contribution in [3.05, 3.63) is 90.0 Å². The molecule has 0 aliphatic heterocycles. The van der Waals surface area contributed by atoms with E-state index in [0.29, 0.717) is 5.69 Å². The van der Waals surface area contributed by atoms with E-state index in [-0.39, 0.29) is 10.6 Å². The van der Waals surface area contributed by atoms with Crippen LogP contribution in [0.2, 0.25) is 0 Å². The summed E-state index contributed by atoms with van der Waals surface area (Å²) in [5.41, 5.74) is 2.81. The molecule has 0 radical (unpaired) electrons. The Kier molecular flexibility index (Phi) is 4.53. The van der Waals surface area contributed by atoms with E-state index in [2.05, 4.69) is 16.9 Å². The highest BCUT2D eigenvalue weighted by atomic mass is 32.2. The fourth-order valence-corrected chi connectivity index (χ4v) is 3.42. The molecule has 122 valence electrons. The van der Waals surface area contributed by atoms with Gasteiger partial charge in [-0.25, -0.2) is 8.42 Å². The number of phenols is 1. The summed E-state index contributed by atoms with van der Waals surface area (Å²) in [6.07, 6.45) is 0.797. The SMILES string of the molecule is O=S(=O)(Nc1ccc(Cc2ccccc2)cc1)c1ccc(O)cc1. The van der Waals surface area contributed by atoms with Gasteiger partial charge in [-0.3, -0.25) is 4.72 Å². The summed E-state index contributed by atoms with van der Waals surface area (Å²) in [4.78, 5) is 0.105. The standard InChI is InChI=1S/C19H17NO3S/c21-18-10-12-19(13-11-18)24(22,23)20-17-8-6-16(7-9-17)14-15-4-2-1-3-5-15/h1-13,20-21H,14H2. The Labute approximate surface area is 141 Å². The summed E-state index contributed by atoms with van der Waals surface area (Å²) in [6, 6.07) is 22.8. The average molecular weight is 339 g/mol. The summed E-state index contributed by atoms with van der Waals surface area (Å²) < 4.78 is 27.1. The van der Waals surface area contributed by atoms with Crippen LogP contribution in [0, 0.1) is 0 Å². The number of hydrogen-bond acceptors (Lipinski definition) is 3. The van der Waals surface area contributed by atoms with Crippen LogP contribution in [0.1, 0.15) is 11.1 Å². The highest BCUT2D eigenvalue weighted by Crippen LogP contribution is 2.19. The molecule has 0 bridgehead atoms. The van der Waals surface area contributed by atoms with Gasteiger partial charge in [-0.15, -0.1) is 0 Å². The van der Waals surface area contributed by atoms with Gasteiger partial charge in [0.15, 0.2) is 0 Å². The number of phenolic OH excluding ortho intramolecular Hbond substituents is 1. The topological polar surface area (TPSA) is 66.4 Å². The third kappa shape index (κ3) is 3.94. The fourth-order valence-electron chi connectivity index (χ4n) is 2.36. The number of anilines is 1. The number of nitrogens with one attached hydrogen (secondary N) is 1. The quantitative estimate of drug-likeness (QED) is 0.743. The van der Waals surface area contributed by atoms with Crippen molar-refractivity contribution < 1.29 is 13.5 Å². The number of hydrogen-bond donors (Lipinski definition) is 2. The number of benzene rings is 3. The molecule has 0 saturated heterocycles. The molecular formula is C19H17NO3S. The van der Waals surface area contributed by atoms with Crippen LogP contribution in [-0.4, -0.2) is 13.5 Å². The molecule has 2 N–H and O–H groups in total. The maximum Gasteiger partial charge on any atom is 0.261 e. The predicted octanol–water partition coefficient (Wildman–Crippen LogP) is 3.78. The first-order valence-corrected chi connectivity index (χ1v) is 8.96. The van der Waals surface area contributed by atoms with Gasteiger partial charge in [0.25, 0.3) is 10.0 Å². The molecule has 0 aliphatic carbocycles. The van der Waals surface area contributed by atoms with Gasteiger partial charge in [-0.1, -0.05) is 42.5 Å². The predicted molar refractivity (Wildman–Crippen MR) is 94.6 cm³/mol. The van der Waals surface area contributed by atoms with Gasteiger partial charge < -0.3 is 5.11 Å². The Balaban J connectivity index is 1.73. The zero-order valence-corrected chi connectivity index (χ0v) is 13.7. The van der Waals surface area contributed by atoms with Crippen LogP contribution >= 0.6 is 0 Å². The third-order valence-electron chi connectivity index (χ3n) is 3.60. The van der Waals surface area contributed by atoms with Crippen molar-refractivity contribution in [1.82, 2.24) is 0 Å². The van der Waals surface area contributed by atoms with Crippen molar-refractivity contribution in [2.24, 2.45) is 0 Å². The molecule has 0 fully saturated rings. The van der Waals surface area contributed by atoms with Crippen LogP contribution in [0.4, 0.5) is 5.69 Å². The van der Waals surface area contributed by atoms with Gasteiger partial charge in [0.2, 0.25) is 0 Å². The van der Waals surface area contributed by atoms with Gasteiger partial charge in [-0.05, 0) is 53.9 Å². The zero-order valence-electron chi connectivity index (χ0n) is 12.9. The second-order valence-corrected chi connectivity index (χ2v) is 7.14. The molecule has 3 rings (SSSR count). The molecule has 0 spiro atoms. The Bertz CT molecular complexity index is 903. The molecule has 0 atom stereocenters. The van der Waals surface area contributed by atoms with Crippen molar-refractivity contribution in [3.8, 4) is 5.75 Å². The fraction of sp³-hybridized carbons (Fsp3) is 0.0526. The molecule has 0 unspecified atom stereocenters. The van der Waals surface area contributed by atoms with Gasteiger partial charge in [-0.2, -0.15) is 0 Å². The van der Waals surface area contributed by atoms with Crippen LogP contribution < -0.4 is 4.72 Å². The molecule has 3 aromatic rings.